The van der Waals surface area contributed by atoms with E-state index in [1.54, 1.807) is 15.9 Å². The van der Waals surface area contributed by atoms with E-state index >= 15 is 0 Å². The summed E-state index contributed by atoms with van der Waals surface area (Å²) in [7, 11) is -2.05. The first-order valence-electron chi connectivity index (χ1n) is 14.4. The zero-order valence-corrected chi connectivity index (χ0v) is 24.6. The first-order chi connectivity index (χ1) is 20.2. The van der Waals surface area contributed by atoms with Crippen LogP contribution in [0.15, 0.2) is 42.7 Å². The SMILES string of the molecule is O=C(N[C@H]1CC2CC2C[C@H]2CC[C@@H](C(=O)N3CC(c4cnccc4F)C3)N2C1=O)c1cc2cc(CP(O)O)ccc2s1. The molecule has 1 aromatic carbocycles. The first kappa shape index (κ1) is 27.8. The molecule has 3 aromatic rings. The van der Waals surface area contributed by atoms with Gasteiger partial charge >= 0.3 is 0 Å². The van der Waals surface area contributed by atoms with Gasteiger partial charge in [0.25, 0.3) is 5.91 Å². The number of halogens is 1. The van der Waals surface area contributed by atoms with E-state index in [2.05, 4.69) is 10.3 Å². The van der Waals surface area contributed by atoms with Gasteiger partial charge in [-0.1, -0.05) is 6.07 Å². The summed E-state index contributed by atoms with van der Waals surface area (Å²) in [5, 5.41) is 3.85. The van der Waals surface area contributed by atoms with Crippen LogP contribution in [0.1, 0.15) is 58.8 Å². The van der Waals surface area contributed by atoms with Crippen LogP contribution in [0.25, 0.3) is 10.1 Å². The second-order valence-corrected chi connectivity index (χ2v) is 14.2. The smallest absolute Gasteiger partial charge is 0.262 e. The second-order valence-electron chi connectivity index (χ2n) is 12.1. The average Bonchev–Trinajstić information content (AvgIpc) is 3.30. The van der Waals surface area contributed by atoms with E-state index in [0.717, 1.165) is 34.9 Å². The molecule has 1 aliphatic carbocycles. The van der Waals surface area contributed by atoms with E-state index in [9.17, 15) is 28.6 Å². The van der Waals surface area contributed by atoms with Gasteiger partial charge in [0.15, 0.2) is 8.38 Å². The largest absolute Gasteiger partial charge is 0.350 e. The Morgan fingerprint density at radius 2 is 1.90 bits per heavy atom. The Morgan fingerprint density at radius 3 is 2.69 bits per heavy atom. The molecule has 0 radical (unpaired) electrons. The van der Waals surface area contributed by atoms with Crippen molar-refractivity contribution >= 4 is 47.5 Å². The summed E-state index contributed by atoms with van der Waals surface area (Å²) in [5.74, 6) is -0.113. The Hall–Kier alpha value is -2.98. The molecule has 9 nitrogen and oxygen atoms in total. The normalized spacial score (nSPS) is 27.3. The highest BCUT2D eigenvalue weighted by molar-refractivity contribution is 7.44. The van der Waals surface area contributed by atoms with E-state index < -0.39 is 20.5 Å². The Labute approximate surface area is 247 Å². The van der Waals surface area contributed by atoms with Gasteiger partial charge in [-0.2, -0.15) is 0 Å². The number of carbonyl (C=O) groups is 3. The number of benzene rings is 1. The van der Waals surface area contributed by atoms with Crippen LogP contribution in [0.3, 0.4) is 0 Å². The van der Waals surface area contributed by atoms with Crippen molar-refractivity contribution in [3.63, 3.8) is 0 Å². The average molecular weight is 611 g/mol. The summed E-state index contributed by atoms with van der Waals surface area (Å²) in [4.78, 5) is 67.8. The Balaban J connectivity index is 1.06. The minimum Gasteiger partial charge on any atom is -0.350 e. The van der Waals surface area contributed by atoms with Gasteiger partial charge in [-0.25, -0.2) is 4.39 Å². The molecule has 5 heterocycles. The standard InChI is InChI=1S/C30H32FN4O5PS/c31-23-5-6-32-12-22(23)20-13-34(14-20)30(38)25-3-2-21-9-17-8-18(17)10-24(29(37)35(21)25)33-28(36)27-11-19-7-16(15-41(39)40)1-4-26(19)42-27/h1,4-7,11-12,17-18,20-21,24-25,39-40H,2-3,8-10,13-15H2,(H,33,36)/t17?,18?,21-,24+,25+/m1/s1. The van der Waals surface area contributed by atoms with Gasteiger partial charge in [0.1, 0.15) is 17.9 Å². The Bertz CT molecular complexity index is 1560. The molecule has 7 rings (SSSR count). The van der Waals surface area contributed by atoms with E-state index in [-0.39, 0.29) is 41.7 Å². The topological polar surface area (TPSA) is 123 Å². The number of hydrogen-bond acceptors (Lipinski definition) is 7. The van der Waals surface area contributed by atoms with Gasteiger partial charge in [0.2, 0.25) is 11.8 Å². The summed E-state index contributed by atoms with van der Waals surface area (Å²) < 4.78 is 15.1. The van der Waals surface area contributed by atoms with Crippen LogP contribution >= 0.6 is 19.7 Å². The number of nitrogens with one attached hydrogen (secondary N) is 1. The van der Waals surface area contributed by atoms with Crippen molar-refractivity contribution in [3.05, 3.63) is 64.5 Å². The molecular weight excluding hydrogens is 578 g/mol. The van der Waals surface area contributed by atoms with Crippen molar-refractivity contribution in [1.29, 1.82) is 0 Å². The van der Waals surface area contributed by atoms with Crippen LogP contribution in [0.4, 0.5) is 4.39 Å². The minimum atomic E-state index is -2.05. The molecule has 12 heteroatoms. The number of hydrogen-bond donors (Lipinski definition) is 3. The van der Waals surface area contributed by atoms with Crippen LogP contribution in [0.5, 0.6) is 0 Å². The number of likely N-dealkylation sites (tertiary alicyclic amines) is 1. The molecule has 3 amide bonds. The van der Waals surface area contributed by atoms with Crippen LogP contribution in [-0.2, 0) is 15.8 Å². The van der Waals surface area contributed by atoms with Crippen molar-refractivity contribution < 1.29 is 28.6 Å². The monoisotopic (exact) mass is 610 g/mol. The molecule has 3 aliphatic heterocycles. The number of thiophene rings is 1. The summed E-state index contributed by atoms with van der Waals surface area (Å²) >= 11 is 1.33. The van der Waals surface area contributed by atoms with Gasteiger partial charge in [0, 0.05) is 53.9 Å². The van der Waals surface area contributed by atoms with Crippen LogP contribution in [0, 0.1) is 17.7 Å². The molecule has 0 spiro atoms. The number of nitrogens with zero attached hydrogens (tertiary/aromatic N) is 3. The third-order valence-electron chi connectivity index (χ3n) is 9.39. The minimum absolute atomic E-state index is 0.0136. The van der Waals surface area contributed by atoms with Crippen LogP contribution in [-0.4, -0.2) is 73.5 Å². The maximum atomic E-state index is 14.2. The maximum Gasteiger partial charge on any atom is 0.262 e. The predicted molar refractivity (Wildman–Crippen MR) is 156 cm³/mol. The Kier molecular flexibility index (Phi) is 7.25. The highest BCUT2D eigenvalue weighted by Gasteiger charge is 2.52. The van der Waals surface area contributed by atoms with Crippen molar-refractivity contribution in [2.75, 3.05) is 13.1 Å². The van der Waals surface area contributed by atoms with Crippen molar-refractivity contribution in [2.24, 2.45) is 11.8 Å². The highest BCUT2D eigenvalue weighted by atomic mass is 32.1. The second kappa shape index (κ2) is 10.9. The molecule has 5 atom stereocenters. The number of rotatable bonds is 6. The molecular formula is C30H32FN4O5PS. The lowest BCUT2D eigenvalue weighted by molar-refractivity contribution is -0.149. The molecule has 4 aliphatic rings. The van der Waals surface area contributed by atoms with Gasteiger partial charge < -0.3 is 24.9 Å². The quantitative estimate of drug-likeness (QED) is 0.366. The summed E-state index contributed by atoms with van der Waals surface area (Å²) in [6, 6.07) is 7.38. The van der Waals surface area contributed by atoms with E-state index in [1.807, 2.05) is 18.2 Å². The zero-order chi connectivity index (χ0) is 29.1. The summed E-state index contributed by atoms with van der Waals surface area (Å²) in [6.07, 6.45) is 6.96. The summed E-state index contributed by atoms with van der Waals surface area (Å²) in [5.41, 5.74) is 1.30. The number of aromatic nitrogens is 1. The lowest BCUT2D eigenvalue weighted by Gasteiger charge is -2.43. The first-order valence-corrected chi connectivity index (χ1v) is 16.7. The molecule has 2 unspecified atom stereocenters. The number of pyridine rings is 1. The third kappa shape index (κ3) is 5.21. The molecule has 0 bridgehead atoms. The zero-order valence-electron chi connectivity index (χ0n) is 22.9. The van der Waals surface area contributed by atoms with Crippen molar-refractivity contribution in [1.82, 2.24) is 20.1 Å². The molecule has 2 aromatic heterocycles. The molecule has 42 heavy (non-hydrogen) atoms. The number of amides is 3. The Morgan fingerprint density at radius 1 is 1.10 bits per heavy atom. The van der Waals surface area contributed by atoms with Gasteiger partial charge in [-0.15, -0.1) is 11.3 Å². The van der Waals surface area contributed by atoms with Gasteiger partial charge in [0.05, 0.1) is 4.88 Å². The van der Waals surface area contributed by atoms with Gasteiger partial charge in [-0.3, -0.25) is 19.4 Å². The highest BCUT2D eigenvalue weighted by Crippen LogP contribution is 2.49. The molecule has 3 N–H and O–H groups in total. The fourth-order valence-electron chi connectivity index (χ4n) is 7.08. The molecule has 220 valence electrons. The lowest BCUT2D eigenvalue weighted by Crippen LogP contribution is -2.59. The third-order valence-corrected chi connectivity index (χ3v) is 11.1. The number of carbonyl (C=O) groups excluding carboxylic acids is 3. The maximum absolute atomic E-state index is 14.2. The van der Waals surface area contributed by atoms with Crippen molar-refractivity contribution in [2.45, 2.75) is 62.3 Å². The van der Waals surface area contributed by atoms with Crippen molar-refractivity contribution in [3.8, 4) is 0 Å². The van der Waals surface area contributed by atoms with E-state index in [0.29, 0.717) is 48.2 Å². The lowest BCUT2D eigenvalue weighted by atomic mass is 9.91. The van der Waals surface area contributed by atoms with E-state index in [1.165, 1.54) is 29.8 Å². The predicted octanol–water partition coefficient (Wildman–Crippen LogP) is 3.75. The fraction of sp³-hybridized carbons (Fsp3) is 0.467. The molecule has 3 saturated heterocycles. The molecule has 1 saturated carbocycles. The van der Waals surface area contributed by atoms with Crippen LogP contribution < -0.4 is 5.32 Å². The van der Waals surface area contributed by atoms with Gasteiger partial charge in [-0.05, 0) is 79.2 Å². The fourth-order valence-corrected chi connectivity index (χ4v) is 8.55. The van der Waals surface area contributed by atoms with E-state index in [4.69, 9.17) is 0 Å². The van der Waals surface area contributed by atoms with Crippen LogP contribution in [0.2, 0.25) is 0 Å². The number of fused-ring (bicyclic) bond motifs is 3. The summed E-state index contributed by atoms with van der Waals surface area (Å²) in [6.45, 7) is 0.808. The molecule has 4 fully saturated rings.